The molecule has 4 nitrogen and oxygen atoms in total. The van der Waals surface area contributed by atoms with Crippen LogP contribution in [-0.4, -0.2) is 42.3 Å². The fourth-order valence-electron chi connectivity index (χ4n) is 2.89. The molecule has 1 atom stereocenters. The van der Waals surface area contributed by atoms with Gasteiger partial charge in [0.2, 0.25) is 0 Å². The van der Waals surface area contributed by atoms with E-state index in [0.29, 0.717) is 0 Å². The van der Waals surface area contributed by atoms with Crippen LogP contribution in [0, 0.1) is 0 Å². The molecule has 18 heavy (non-hydrogen) atoms. The first-order valence-electron chi connectivity index (χ1n) is 7.26. The molecule has 2 fully saturated rings. The predicted octanol–water partition coefficient (Wildman–Crippen LogP) is 2.53. The molecule has 1 unspecified atom stereocenters. The maximum Gasteiger partial charge on any atom is 0.317 e. The lowest BCUT2D eigenvalue weighted by Crippen LogP contribution is -2.50. The summed E-state index contributed by atoms with van der Waals surface area (Å²) < 4.78 is 5.68. The van der Waals surface area contributed by atoms with E-state index in [1.807, 2.05) is 4.90 Å². The van der Waals surface area contributed by atoms with Gasteiger partial charge in [-0.05, 0) is 39.5 Å². The summed E-state index contributed by atoms with van der Waals surface area (Å²) in [6.45, 7) is 6.77. The van der Waals surface area contributed by atoms with Crippen molar-refractivity contribution < 1.29 is 9.53 Å². The molecule has 0 aliphatic carbocycles. The van der Waals surface area contributed by atoms with E-state index in [4.69, 9.17) is 4.74 Å². The van der Waals surface area contributed by atoms with Crippen molar-refractivity contribution >= 4 is 6.03 Å². The Balaban J connectivity index is 1.82. The van der Waals surface area contributed by atoms with Crippen LogP contribution in [0.1, 0.15) is 52.4 Å². The van der Waals surface area contributed by atoms with E-state index in [-0.39, 0.29) is 17.7 Å². The van der Waals surface area contributed by atoms with Gasteiger partial charge in [0.15, 0.2) is 0 Å². The zero-order chi connectivity index (χ0) is 13.0. The molecule has 2 rings (SSSR count). The standard InChI is InChI=1S/C14H26N2O2/c1-14(2)11-12(7-10-18-14)15-13(17)16-8-5-3-4-6-9-16/h12H,3-11H2,1-2H3,(H,15,17). The van der Waals surface area contributed by atoms with E-state index >= 15 is 0 Å². The molecule has 2 aliphatic heterocycles. The summed E-state index contributed by atoms with van der Waals surface area (Å²) in [4.78, 5) is 14.2. The summed E-state index contributed by atoms with van der Waals surface area (Å²) in [6, 6.07) is 0.393. The fraction of sp³-hybridized carbons (Fsp3) is 0.929. The van der Waals surface area contributed by atoms with E-state index in [9.17, 15) is 4.79 Å². The average molecular weight is 254 g/mol. The summed E-state index contributed by atoms with van der Waals surface area (Å²) in [6.07, 6.45) is 6.65. The number of nitrogens with zero attached hydrogens (tertiary/aromatic N) is 1. The van der Waals surface area contributed by atoms with E-state index < -0.39 is 0 Å². The SMILES string of the molecule is CC1(C)CC(NC(=O)N2CCCCCC2)CCO1. The third-order valence-electron chi connectivity index (χ3n) is 3.92. The largest absolute Gasteiger partial charge is 0.375 e. The number of hydrogen-bond donors (Lipinski definition) is 1. The van der Waals surface area contributed by atoms with Gasteiger partial charge in [-0.15, -0.1) is 0 Å². The van der Waals surface area contributed by atoms with Crippen LogP contribution in [0.15, 0.2) is 0 Å². The van der Waals surface area contributed by atoms with Crippen molar-refractivity contribution in [2.24, 2.45) is 0 Å². The lowest BCUT2D eigenvalue weighted by molar-refractivity contribution is -0.0615. The van der Waals surface area contributed by atoms with Crippen LogP contribution in [0.2, 0.25) is 0 Å². The lowest BCUT2D eigenvalue weighted by Gasteiger charge is -2.36. The maximum atomic E-state index is 12.2. The molecule has 0 spiro atoms. The second kappa shape index (κ2) is 5.91. The molecule has 4 heteroatoms. The fourth-order valence-corrected chi connectivity index (χ4v) is 2.89. The number of hydrogen-bond acceptors (Lipinski definition) is 2. The topological polar surface area (TPSA) is 41.6 Å². The highest BCUT2D eigenvalue weighted by atomic mass is 16.5. The molecule has 2 heterocycles. The molecule has 0 aromatic rings. The molecular weight excluding hydrogens is 228 g/mol. The van der Waals surface area contributed by atoms with Gasteiger partial charge in [-0.2, -0.15) is 0 Å². The Morgan fingerprint density at radius 3 is 2.50 bits per heavy atom. The second-order valence-corrected chi connectivity index (χ2v) is 6.15. The molecule has 2 amide bonds. The summed E-state index contributed by atoms with van der Waals surface area (Å²) >= 11 is 0. The Morgan fingerprint density at radius 1 is 1.22 bits per heavy atom. The van der Waals surface area contributed by atoms with E-state index in [1.165, 1.54) is 12.8 Å². The predicted molar refractivity (Wildman–Crippen MR) is 71.6 cm³/mol. The molecule has 0 aromatic carbocycles. The third kappa shape index (κ3) is 3.87. The van der Waals surface area contributed by atoms with Gasteiger partial charge in [0, 0.05) is 25.7 Å². The van der Waals surface area contributed by atoms with E-state index in [1.54, 1.807) is 0 Å². The summed E-state index contributed by atoms with van der Waals surface area (Å²) in [5, 5.41) is 3.18. The van der Waals surface area contributed by atoms with Gasteiger partial charge >= 0.3 is 6.03 Å². The molecule has 1 N–H and O–H groups in total. The van der Waals surface area contributed by atoms with Crippen molar-refractivity contribution in [3.63, 3.8) is 0 Å². The van der Waals surface area contributed by atoms with E-state index in [0.717, 1.165) is 45.4 Å². The molecule has 0 bridgehead atoms. The average Bonchev–Trinajstić information content (AvgIpc) is 2.55. The number of amides is 2. The number of nitrogens with one attached hydrogen (secondary N) is 1. The Morgan fingerprint density at radius 2 is 1.89 bits per heavy atom. The van der Waals surface area contributed by atoms with Crippen LogP contribution in [0.5, 0.6) is 0 Å². The Hall–Kier alpha value is -0.770. The van der Waals surface area contributed by atoms with Crippen molar-refractivity contribution in [2.45, 2.75) is 64.0 Å². The van der Waals surface area contributed by atoms with E-state index in [2.05, 4.69) is 19.2 Å². The molecular formula is C14H26N2O2. The van der Waals surface area contributed by atoms with Crippen LogP contribution in [0.25, 0.3) is 0 Å². The first kappa shape index (κ1) is 13.7. The first-order valence-corrected chi connectivity index (χ1v) is 7.26. The van der Waals surface area contributed by atoms with Crippen LogP contribution in [0.3, 0.4) is 0 Å². The highest BCUT2D eigenvalue weighted by Gasteiger charge is 2.30. The highest BCUT2D eigenvalue weighted by molar-refractivity contribution is 5.74. The van der Waals surface area contributed by atoms with Gasteiger partial charge in [0.25, 0.3) is 0 Å². The van der Waals surface area contributed by atoms with Gasteiger partial charge in [0.05, 0.1) is 5.60 Å². The summed E-state index contributed by atoms with van der Waals surface area (Å²) in [7, 11) is 0. The van der Waals surface area contributed by atoms with Crippen molar-refractivity contribution in [1.29, 1.82) is 0 Å². The minimum Gasteiger partial charge on any atom is -0.375 e. The molecule has 0 saturated carbocycles. The number of ether oxygens (including phenoxy) is 1. The molecule has 104 valence electrons. The quantitative estimate of drug-likeness (QED) is 0.781. The highest BCUT2D eigenvalue weighted by Crippen LogP contribution is 2.24. The Bertz CT molecular complexity index is 284. The number of carbonyl (C=O) groups is 1. The lowest BCUT2D eigenvalue weighted by atomic mass is 9.94. The van der Waals surface area contributed by atoms with Crippen molar-refractivity contribution in [1.82, 2.24) is 10.2 Å². The number of likely N-dealkylation sites (tertiary alicyclic amines) is 1. The van der Waals surface area contributed by atoms with Crippen molar-refractivity contribution in [2.75, 3.05) is 19.7 Å². The van der Waals surface area contributed by atoms with Crippen molar-refractivity contribution in [3.8, 4) is 0 Å². The Labute approximate surface area is 110 Å². The van der Waals surface area contributed by atoms with Crippen LogP contribution in [-0.2, 0) is 4.74 Å². The smallest absolute Gasteiger partial charge is 0.317 e. The monoisotopic (exact) mass is 254 g/mol. The number of urea groups is 1. The van der Waals surface area contributed by atoms with Crippen LogP contribution in [0.4, 0.5) is 4.79 Å². The van der Waals surface area contributed by atoms with Gasteiger partial charge in [-0.3, -0.25) is 0 Å². The molecule has 0 aromatic heterocycles. The normalized spacial score (nSPS) is 28.6. The van der Waals surface area contributed by atoms with Crippen LogP contribution >= 0.6 is 0 Å². The first-order chi connectivity index (χ1) is 8.57. The van der Waals surface area contributed by atoms with Gasteiger partial charge < -0.3 is 15.0 Å². The molecule has 0 radical (unpaired) electrons. The minimum absolute atomic E-state index is 0.102. The Kier molecular flexibility index (Phi) is 4.49. The number of rotatable bonds is 1. The number of carbonyl (C=O) groups excluding carboxylic acids is 1. The summed E-state index contributed by atoms with van der Waals surface area (Å²) in [5.41, 5.74) is -0.102. The van der Waals surface area contributed by atoms with Gasteiger partial charge in [0.1, 0.15) is 0 Å². The van der Waals surface area contributed by atoms with Crippen molar-refractivity contribution in [3.05, 3.63) is 0 Å². The minimum atomic E-state index is -0.102. The molecule has 2 aliphatic rings. The van der Waals surface area contributed by atoms with Gasteiger partial charge in [-0.25, -0.2) is 4.79 Å². The zero-order valence-electron chi connectivity index (χ0n) is 11.7. The maximum absolute atomic E-state index is 12.2. The molecule has 2 saturated heterocycles. The van der Waals surface area contributed by atoms with Crippen LogP contribution < -0.4 is 5.32 Å². The summed E-state index contributed by atoms with van der Waals surface area (Å²) in [5.74, 6) is 0. The van der Waals surface area contributed by atoms with Gasteiger partial charge in [-0.1, -0.05) is 12.8 Å². The third-order valence-corrected chi connectivity index (χ3v) is 3.92. The second-order valence-electron chi connectivity index (χ2n) is 6.15. The zero-order valence-corrected chi connectivity index (χ0v) is 11.7.